The number of benzene rings is 1. The van der Waals surface area contributed by atoms with Crippen LogP contribution in [0.4, 0.5) is 5.69 Å². The van der Waals surface area contributed by atoms with Crippen LogP contribution in [0.5, 0.6) is 0 Å². The van der Waals surface area contributed by atoms with Gasteiger partial charge in [-0.2, -0.15) is 0 Å². The van der Waals surface area contributed by atoms with Gasteiger partial charge < -0.3 is 10.2 Å². The second-order valence-electron chi connectivity index (χ2n) is 5.15. The molecule has 88 valence electrons. The van der Waals surface area contributed by atoms with E-state index in [0.29, 0.717) is 5.56 Å². The van der Waals surface area contributed by atoms with Crippen molar-refractivity contribution in [2.45, 2.75) is 26.3 Å². The van der Waals surface area contributed by atoms with Gasteiger partial charge in [-0.25, -0.2) is 0 Å². The standard InChI is InChI=1S/C13H20N2O/c1-13(2,3)14-12(16)10-7-6-8-11(9-10)15(4)5/h6-9H,1-5H3,(H,14,16). The van der Waals surface area contributed by atoms with Crippen LogP contribution >= 0.6 is 0 Å². The number of hydrogen-bond donors (Lipinski definition) is 1. The summed E-state index contributed by atoms with van der Waals surface area (Å²) in [7, 11) is 3.92. The van der Waals surface area contributed by atoms with Crippen LogP contribution < -0.4 is 10.2 Å². The molecule has 0 aromatic heterocycles. The van der Waals surface area contributed by atoms with Crippen LogP contribution in [0.2, 0.25) is 0 Å². The van der Waals surface area contributed by atoms with Gasteiger partial charge in [-0.05, 0) is 39.0 Å². The number of nitrogens with zero attached hydrogens (tertiary/aromatic N) is 1. The number of carbonyl (C=O) groups excluding carboxylic acids is 1. The molecule has 0 aliphatic rings. The second-order valence-corrected chi connectivity index (χ2v) is 5.15. The molecule has 16 heavy (non-hydrogen) atoms. The van der Waals surface area contributed by atoms with Crippen molar-refractivity contribution in [1.29, 1.82) is 0 Å². The maximum Gasteiger partial charge on any atom is 0.251 e. The second kappa shape index (κ2) is 4.56. The Morgan fingerprint density at radius 1 is 1.25 bits per heavy atom. The lowest BCUT2D eigenvalue weighted by Crippen LogP contribution is -2.40. The van der Waals surface area contributed by atoms with Crippen LogP contribution in [0.1, 0.15) is 31.1 Å². The molecular weight excluding hydrogens is 200 g/mol. The van der Waals surface area contributed by atoms with E-state index in [1.807, 2.05) is 64.0 Å². The van der Waals surface area contributed by atoms with E-state index >= 15 is 0 Å². The number of amides is 1. The van der Waals surface area contributed by atoms with Gasteiger partial charge in [0, 0.05) is 30.9 Å². The normalized spacial score (nSPS) is 11.1. The molecule has 0 bridgehead atoms. The van der Waals surface area contributed by atoms with E-state index in [9.17, 15) is 4.79 Å². The Bertz CT molecular complexity index is 378. The topological polar surface area (TPSA) is 32.3 Å². The fourth-order valence-electron chi connectivity index (χ4n) is 1.34. The van der Waals surface area contributed by atoms with E-state index in [2.05, 4.69) is 5.32 Å². The fraction of sp³-hybridized carbons (Fsp3) is 0.462. The van der Waals surface area contributed by atoms with Crippen LogP contribution in [-0.2, 0) is 0 Å². The Morgan fingerprint density at radius 3 is 2.38 bits per heavy atom. The van der Waals surface area contributed by atoms with Gasteiger partial charge in [0.25, 0.3) is 5.91 Å². The number of rotatable bonds is 2. The van der Waals surface area contributed by atoms with E-state index in [1.165, 1.54) is 0 Å². The number of carbonyl (C=O) groups is 1. The largest absolute Gasteiger partial charge is 0.378 e. The first-order valence-electron chi connectivity index (χ1n) is 5.39. The van der Waals surface area contributed by atoms with Crippen LogP contribution in [0.25, 0.3) is 0 Å². The number of hydrogen-bond acceptors (Lipinski definition) is 2. The predicted octanol–water partition coefficient (Wildman–Crippen LogP) is 2.28. The Labute approximate surface area is 97.5 Å². The van der Waals surface area contributed by atoms with Crippen molar-refractivity contribution in [3.8, 4) is 0 Å². The van der Waals surface area contributed by atoms with Crippen LogP contribution in [-0.4, -0.2) is 25.5 Å². The molecule has 0 aliphatic heterocycles. The van der Waals surface area contributed by atoms with Crippen molar-refractivity contribution in [3.63, 3.8) is 0 Å². The third kappa shape index (κ3) is 3.57. The van der Waals surface area contributed by atoms with E-state index < -0.39 is 0 Å². The highest BCUT2D eigenvalue weighted by Gasteiger charge is 2.15. The molecule has 0 saturated heterocycles. The van der Waals surface area contributed by atoms with Crippen molar-refractivity contribution in [3.05, 3.63) is 29.8 Å². The zero-order chi connectivity index (χ0) is 12.3. The van der Waals surface area contributed by atoms with E-state index in [4.69, 9.17) is 0 Å². The van der Waals surface area contributed by atoms with Crippen LogP contribution in [0.3, 0.4) is 0 Å². The average Bonchev–Trinajstić information content (AvgIpc) is 2.15. The van der Waals surface area contributed by atoms with E-state index in [-0.39, 0.29) is 11.4 Å². The van der Waals surface area contributed by atoms with Crippen molar-refractivity contribution in [1.82, 2.24) is 5.32 Å². The molecule has 1 aromatic rings. The molecule has 0 atom stereocenters. The summed E-state index contributed by atoms with van der Waals surface area (Å²) in [6, 6.07) is 7.59. The number of anilines is 1. The first kappa shape index (κ1) is 12.6. The molecule has 3 nitrogen and oxygen atoms in total. The van der Waals surface area contributed by atoms with Gasteiger partial charge in [0.05, 0.1) is 0 Å². The minimum absolute atomic E-state index is 0.0313. The Morgan fingerprint density at radius 2 is 1.88 bits per heavy atom. The molecule has 1 N–H and O–H groups in total. The Balaban J connectivity index is 2.88. The molecule has 0 fully saturated rings. The quantitative estimate of drug-likeness (QED) is 0.829. The van der Waals surface area contributed by atoms with E-state index in [0.717, 1.165) is 5.69 Å². The van der Waals surface area contributed by atoms with Crippen molar-refractivity contribution in [2.75, 3.05) is 19.0 Å². The highest BCUT2D eigenvalue weighted by molar-refractivity contribution is 5.95. The minimum Gasteiger partial charge on any atom is -0.378 e. The Hall–Kier alpha value is -1.51. The third-order valence-corrected chi connectivity index (χ3v) is 2.11. The minimum atomic E-state index is -0.203. The predicted molar refractivity (Wildman–Crippen MR) is 68.0 cm³/mol. The summed E-state index contributed by atoms with van der Waals surface area (Å²) in [5.41, 5.74) is 1.52. The smallest absolute Gasteiger partial charge is 0.251 e. The fourth-order valence-corrected chi connectivity index (χ4v) is 1.34. The summed E-state index contributed by atoms with van der Waals surface area (Å²) in [6.07, 6.45) is 0. The molecule has 0 aliphatic carbocycles. The SMILES string of the molecule is CN(C)c1cccc(C(=O)NC(C)(C)C)c1. The summed E-state index contributed by atoms with van der Waals surface area (Å²) in [6.45, 7) is 5.92. The molecule has 3 heteroatoms. The van der Waals surface area contributed by atoms with Crippen molar-refractivity contribution < 1.29 is 4.79 Å². The molecule has 0 unspecified atom stereocenters. The monoisotopic (exact) mass is 220 g/mol. The van der Waals surface area contributed by atoms with Crippen molar-refractivity contribution >= 4 is 11.6 Å². The molecule has 1 amide bonds. The van der Waals surface area contributed by atoms with Crippen molar-refractivity contribution in [2.24, 2.45) is 0 Å². The lowest BCUT2D eigenvalue weighted by Gasteiger charge is -2.21. The first-order valence-corrected chi connectivity index (χ1v) is 5.39. The zero-order valence-corrected chi connectivity index (χ0v) is 10.7. The summed E-state index contributed by atoms with van der Waals surface area (Å²) in [4.78, 5) is 13.9. The highest BCUT2D eigenvalue weighted by Crippen LogP contribution is 2.14. The average molecular weight is 220 g/mol. The molecule has 0 heterocycles. The molecule has 1 aromatic carbocycles. The van der Waals surface area contributed by atoms with Crippen LogP contribution in [0, 0.1) is 0 Å². The van der Waals surface area contributed by atoms with Gasteiger partial charge in [0.1, 0.15) is 0 Å². The van der Waals surface area contributed by atoms with Crippen LogP contribution in [0.15, 0.2) is 24.3 Å². The van der Waals surface area contributed by atoms with Gasteiger partial charge in [-0.3, -0.25) is 4.79 Å². The molecule has 0 spiro atoms. The number of nitrogens with one attached hydrogen (secondary N) is 1. The first-order chi connectivity index (χ1) is 7.29. The molecular formula is C13H20N2O. The maximum absolute atomic E-state index is 11.9. The third-order valence-electron chi connectivity index (χ3n) is 2.11. The zero-order valence-electron chi connectivity index (χ0n) is 10.7. The van der Waals surface area contributed by atoms with Gasteiger partial charge >= 0.3 is 0 Å². The lowest BCUT2D eigenvalue weighted by atomic mass is 10.1. The lowest BCUT2D eigenvalue weighted by molar-refractivity contribution is 0.0919. The maximum atomic E-state index is 11.9. The molecule has 0 saturated carbocycles. The molecule has 1 rings (SSSR count). The Kier molecular flexibility index (Phi) is 3.58. The molecule has 0 radical (unpaired) electrons. The summed E-state index contributed by atoms with van der Waals surface area (Å²) in [5.74, 6) is -0.0313. The highest BCUT2D eigenvalue weighted by atomic mass is 16.1. The van der Waals surface area contributed by atoms with Gasteiger partial charge in [0.2, 0.25) is 0 Å². The van der Waals surface area contributed by atoms with Gasteiger partial charge in [-0.1, -0.05) is 6.07 Å². The summed E-state index contributed by atoms with van der Waals surface area (Å²) in [5, 5.41) is 2.94. The summed E-state index contributed by atoms with van der Waals surface area (Å²) < 4.78 is 0. The van der Waals surface area contributed by atoms with Gasteiger partial charge in [0.15, 0.2) is 0 Å². The van der Waals surface area contributed by atoms with E-state index in [1.54, 1.807) is 0 Å². The van der Waals surface area contributed by atoms with Gasteiger partial charge in [-0.15, -0.1) is 0 Å². The summed E-state index contributed by atoms with van der Waals surface area (Å²) >= 11 is 0.